The summed E-state index contributed by atoms with van der Waals surface area (Å²) in [5, 5.41) is 10.4. The Morgan fingerprint density at radius 2 is 2.30 bits per heavy atom. The van der Waals surface area contributed by atoms with E-state index in [1.165, 1.54) is 11.4 Å². The number of aryl methyl sites for hydroxylation is 1. The molecule has 0 spiro atoms. The van der Waals surface area contributed by atoms with Crippen LogP contribution in [0.25, 0.3) is 0 Å². The second-order valence-corrected chi connectivity index (χ2v) is 1.93. The first kappa shape index (κ1) is 6.95. The van der Waals surface area contributed by atoms with Gasteiger partial charge in [0.25, 0.3) is 0 Å². The number of aromatic hydroxyl groups is 1. The highest BCUT2D eigenvalue weighted by Crippen LogP contribution is 2.05. The van der Waals surface area contributed by atoms with Crippen LogP contribution in [0.3, 0.4) is 0 Å². The van der Waals surface area contributed by atoms with Gasteiger partial charge in [-0.15, -0.1) is 12.0 Å². The van der Waals surface area contributed by atoms with Crippen molar-refractivity contribution in [3.8, 4) is 5.88 Å². The number of nitrogens with two attached hydrogens (primary N) is 1. The molecule has 3 N–H and O–H groups in total. The van der Waals surface area contributed by atoms with Crippen LogP contribution in [0.5, 0.6) is 5.88 Å². The Hall–Kier alpha value is -1.16. The summed E-state index contributed by atoms with van der Waals surface area (Å²) in [5.74, 6) is 0.444. The number of hydrogen-bond acceptors (Lipinski definition) is 3. The molecule has 54 valence electrons. The molecule has 0 saturated heterocycles. The minimum atomic E-state index is -0.0117. The summed E-state index contributed by atoms with van der Waals surface area (Å²) in [6, 6.07) is 1.49. The van der Waals surface area contributed by atoms with Crippen LogP contribution in [0.15, 0.2) is 6.07 Å². The highest BCUT2D eigenvalue weighted by atomic mass is 16.3. The van der Waals surface area contributed by atoms with Gasteiger partial charge in [-0.05, 0) is 6.92 Å². The van der Waals surface area contributed by atoms with Gasteiger partial charge in [0.05, 0.1) is 5.69 Å². The number of hydrogen-bond donors (Lipinski definition) is 2. The van der Waals surface area contributed by atoms with E-state index < -0.39 is 0 Å². The lowest BCUT2D eigenvalue weighted by Gasteiger charge is -1.98. The smallest absolute Gasteiger partial charge is 0.302 e. The van der Waals surface area contributed by atoms with E-state index in [1.54, 1.807) is 6.92 Å². The van der Waals surface area contributed by atoms with Crippen LogP contribution in [0.4, 0.5) is 5.95 Å². The molecule has 0 aromatic carbocycles. The van der Waals surface area contributed by atoms with Crippen molar-refractivity contribution in [3.05, 3.63) is 18.8 Å². The van der Waals surface area contributed by atoms with Crippen molar-refractivity contribution in [3.63, 3.8) is 0 Å². The number of rotatable bonds is 1. The summed E-state index contributed by atoms with van der Waals surface area (Å²) in [5.41, 5.74) is 0.738. The van der Waals surface area contributed by atoms with Gasteiger partial charge in [-0.3, -0.25) is 0 Å². The Kier molecular flexibility index (Phi) is 1.82. The molecule has 0 aliphatic heterocycles. The predicted molar refractivity (Wildman–Crippen MR) is 35.4 cm³/mol. The average Bonchev–Trinajstić information content (AvgIpc) is 1.85. The fourth-order valence-corrected chi connectivity index (χ4v) is 0.666. The van der Waals surface area contributed by atoms with Crippen LogP contribution in [-0.4, -0.2) is 15.1 Å². The van der Waals surface area contributed by atoms with Gasteiger partial charge in [-0.25, -0.2) is 0 Å². The standard InChI is InChI=1S/C6H9N3O/c1-4-3-5(10)9-6(7-2)8-4/h3H,2,7H2,1H3,(H,8,9,10). The molecule has 0 atom stereocenters. The van der Waals surface area contributed by atoms with Gasteiger partial charge in [-0.2, -0.15) is 4.98 Å². The largest absolute Gasteiger partial charge is 0.493 e. The van der Waals surface area contributed by atoms with E-state index in [4.69, 9.17) is 5.11 Å². The molecule has 0 aliphatic carbocycles. The molecule has 0 amide bonds. The molecule has 4 nitrogen and oxygen atoms in total. The lowest BCUT2D eigenvalue weighted by atomic mass is 10.4. The van der Waals surface area contributed by atoms with Crippen molar-refractivity contribution in [1.82, 2.24) is 9.97 Å². The maximum Gasteiger partial charge on any atom is 0.302 e. The SMILES string of the molecule is [CH2-][NH2+]c1nc(C)cc(O)n1. The van der Waals surface area contributed by atoms with Crippen molar-refractivity contribution in [1.29, 1.82) is 0 Å². The number of aromatic nitrogens is 2. The van der Waals surface area contributed by atoms with E-state index >= 15 is 0 Å². The lowest BCUT2D eigenvalue weighted by molar-refractivity contribution is -0.513. The first-order valence-electron chi connectivity index (χ1n) is 2.89. The molecule has 0 saturated carbocycles. The summed E-state index contributed by atoms with van der Waals surface area (Å²) < 4.78 is 0. The van der Waals surface area contributed by atoms with Crippen LogP contribution in [0, 0.1) is 14.0 Å². The Balaban J connectivity index is 3.06. The topological polar surface area (TPSA) is 62.6 Å². The first-order valence-corrected chi connectivity index (χ1v) is 2.89. The van der Waals surface area contributed by atoms with E-state index in [-0.39, 0.29) is 5.88 Å². The molecule has 0 unspecified atom stereocenters. The second-order valence-electron chi connectivity index (χ2n) is 1.93. The Labute approximate surface area is 58.9 Å². The minimum absolute atomic E-state index is 0.0117. The van der Waals surface area contributed by atoms with Crippen LogP contribution >= 0.6 is 0 Å². The molecule has 0 radical (unpaired) electrons. The summed E-state index contributed by atoms with van der Waals surface area (Å²) in [4.78, 5) is 7.64. The highest BCUT2D eigenvalue weighted by Gasteiger charge is 1.97. The van der Waals surface area contributed by atoms with Gasteiger partial charge in [0.1, 0.15) is 0 Å². The molecular formula is C6H9N3O. The van der Waals surface area contributed by atoms with E-state index in [2.05, 4.69) is 17.0 Å². The summed E-state index contributed by atoms with van der Waals surface area (Å²) in [6.07, 6.45) is 0. The highest BCUT2D eigenvalue weighted by molar-refractivity contribution is 5.18. The summed E-state index contributed by atoms with van der Waals surface area (Å²) in [7, 11) is 3.48. The van der Waals surface area contributed by atoms with Crippen molar-refractivity contribution >= 4 is 5.95 Å². The Morgan fingerprint density at radius 1 is 1.60 bits per heavy atom. The van der Waals surface area contributed by atoms with Gasteiger partial charge in [0.15, 0.2) is 0 Å². The van der Waals surface area contributed by atoms with Crippen molar-refractivity contribution < 1.29 is 10.4 Å². The van der Waals surface area contributed by atoms with Gasteiger partial charge >= 0.3 is 5.95 Å². The fourth-order valence-electron chi connectivity index (χ4n) is 0.666. The zero-order valence-electron chi connectivity index (χ0n) is 5.70. The van der Waals surface area contributed by atoms with Gasteiger partial charge < -0.3 is 10.4 Å². The minimum Gasteiger partial charge on any atom is -0.493 e. The van der Waals surface area contributed by atoms with E-state index in [0.717, 1.165) is 5.69 Å². The van der Waals surface area contributed by atoms with E-state index in [0.29, 0.717) is 5.95 Å². The molecule has 1 aromatic rings. The van der Waals surface area contributed by atoms with Crippen LogP contribution in [0.2, 0.25) is 0 Å². The maximum atomic E-state index is 8.93. The lowest BCUT2D eigenvalue weighted by Crippen LogP contribution is -2.70. The fraction of sp³-hybridized carbons (Fsp3) is 0.167. The van der Waals surface area contributed by atoms with Crippen molar-refractivity contribution in [2.45, 2.75) is 6.92 Å². The molecule has 1 heterocycles. The first-order chi connectivity index (χ1) is 4.72. The quantitative estimate of drug-likeness (QED) is 0.514. The van der Waals surface area contributed by atoms with Crippen LogP contribution < -0.4 is 5.32 Å². The molecule has 0 aliphatic rings. The van der Waals surface area contributed by atoms with Crippen molar-refractivity contribution in [2.75, 3.05) is 0 Å². The second kappa shape index (κ2) is 2.62. The molecule has 1 aromatic heterocycles. The van der Waals surface area contributed by atoms with E-state index in [9.17, 15) is 0 Å². The average molecular weight is 139 g/mol. The Morgan fingerprint density at radius 3 is 2.80 bits per heavy atom. The zero-order chi connectivity index (χ0) is 7.56. The number of nitrogens with zero attached hydrogens (tertiary/aromatic N) is 2. The van der Waals surface area contributed by atoms with Crippen LogP contribution in [0.1, 0.15) is 5.69 Å². The third-order valence-electron chi connectivity index (χ3n) is 1.04. The molecule has 4 heteroatoms. The molecule has 10 heavy (non-hydrogen) atoms. The maximum absolute atomic E-state index is 8.93. The van der Waals surface area contributed by atoms with Gasteiger partial charge in [-0.1, -0.05) is 0 Å². The Bertz CT molecular complexity index is 216. The van der Waals surface area contributed by atoms with Gasteiger partial charge in [0, 0.05) is 6.07 Å². The summed E-state index contributed by atoms with van der Waals surface area (Å²) in [6.45, 7) is 1.79. The third-order valence-corrected chi connectivity index (χ3v) is 1.04. The number of quaternary nitrogens is 1. The van der Waals surface area contributed by atoms with Crippen LogP contribution in [-0.2, 0) is 0 Å². The molecular weight excluding hydrogens is 130 g/mol. The molecule has 0 fully saturated rings. The predicted octanol–water partition coefficient (Wildman–Crippen LogP) is -0.523. The normalized spacial score (nSPS) is 9.80. The molecule has 1 rings (SSSR count). The van der Waals surface area contributed by atoms with Gasteiger partial charge in [0.2, 0.25) is 5.88 Å². The molecule has 0 bridgehead atoms. The summed E-state index contributed by atoms with van der Waals surface area (Å²) >= 11 is 0. The zero-order valence-corrected chi connectivity index (χ0v) is 5.70. The monoisotopic (exact) mass is 139 g/mol. The van der Waals surface area contributed by atoms with Crippen molar-refractivity contribution in [2.24, 2.45) is 0 Å². The third kappa shape index (κ3) is 1.41. The van der Waals surface area contributed by atoms with E-state index in [1.807, 2.05) is 0 Å².